The molecule has 0 saturated heterocycles. The lowest BCUT2D eigenvalue weighted by Crippen LogP contribution is -2.38. The van der Waals surface area contributed by atoms with Crippen LogP contribution in [0.25, 0.3) is 0 Å². The molecular formula is C8H13N3O5S. The van der Waals surface area contributed by atoms with E-state index < -0.39 is 26.2 Å². The molecule has 0 aromatic carbocycles. The summed E-state index contributed by atoms with van der Waals surface area (Å²) in [5.74, 6) is 0. The Morgan fingerprint density at radius 3 is 2.53 bits per heavy atom. The van der Waals surface area contributed by atoms with Crippen molar-refractivity contribution in [3.05, 3.63) is 27.0 Å². The van der Waals surface area contributed by atoms with Gasteiger partial charge in [-0.15, -0.1) is 0 Å². The van der Waals surface area contributed by atoms with Crippen molar-refractivity contribution in [1.82, 2.24) is 14.3 Å². The minimum Gasteiger partial charge on any atom is -0.395 e. The summed E-state index contributed by atoms with van der Waals surface area (Å²) >= 11 is 0. The monoisotopic (exact) mass is 263 g/mol. The fourth-order valence-electron chi connectivity index (χ4n) is 1.29. The highest BCUT2D eigenvalue weighted by atomic mass is 32.2. The van der Waals surface area contributed by atoms with E-state index in [1.54, 1.807) is 6.92 Å². The molecule has 1 heterocycles. The van der Waals surface area contributed by atoms with Crippen LogP contribution >= 0.6 is 0 Å². The van der Waals surface area contributed by atoms with Crippen LogP contribution in [0.4, 0.5) is 0 Å². The van der Waals surface area contributed by atoms with Crippen LogP contribution in [0.2, 0.25) is 0 Å². The van der Waals surface area contributed by atoms with Crippen molar-refractivity contribution < 1.29 is 13.5 Å². The molecule has 0 saturated carbocycles. The fourth-order valence-corrected chi connectivity index (χ4v) is 2.72. The predicted octanol–water partition coefficient (Wildman–Crippen LogP) is -1.93. The molecule has 0 amide bonds. The van der Waals surface area contributed by atoms with Crippen LogP contribution in [0.1, 0.15) is 6.92 Å². The van der Waals surface area contributed by atoms with Crippen molar-refractivity contribution in [3.63, 3.8) is 0 Å². The van der Waals surface area contributed by atoms with Crippen LogP contribution < -0.4 is 11.2 Å². The Balaban J connectivity index is 3.30. The van der Waals surface area contributed by atoms with Crippen molar-refractivity contribution in [3.8, 4) is 0 Å². The number of aliphatic hydroxyl groups excluding tert-OH is 1. The lowest BCUT2D eigenvalue weighted by molar-refractivity contribution is 0.257. The number of hydrogen-bond acceptors (Lipinski definition) is 5. The summed E-state index contributed by atoms with van der Waals surface area (Å²) in [5.41, 5.74) is -1.76. The van der Waals surface area contributed by atoms with Gasteiger partial charge in [-0.3, -0.25) is 9.78 Å². The zero-order chi connectivity index (χ0) is 13.1. The van der Waals surface area contributed by atoms with Gasteiger partial charge in [-0.25, -0.2) is 13.2 Å². The van der Waals surface area contributed by atoms with Crippen molar-refractivity contribution in [2.45, 2.75) is 11.8 Å². The third-order valence-corrected chi connectivity index (χ3v) is 4.08. The molecule has 0 fully saturated rings. The van der Waals surface area contributed by atoms with Crippen molar-refractivity contribution in [2.75, 3.05) is 19.7 Å². The van der Waals surface area contributed by atoms with Crippen LogP contribution in [0.15, 0.2) is 20.7 Å². The van der Waals surface area contributed by atoms with E-state index >= 15 is 0 Å². The average molecular weight is 263 g/mol. The van der Waals surface area contributed by atoms with Crippen LogP contribution in [0.3, 0.4) is 0 Å². The number of aromatic nitrogens is 2. The number of aromatic amines is 2. The summed E-state index contributed by atoms with van der Waals surface area (Å²) in [6.45, 7) is 1.22. The third kappa shape index (κ3) is 2.81. The summed E-state index contributed by atoms with van der Waals surface area (Å²) in [4.78, 5) is 25.5. The standard InChI is InChI=1S/C8H13N3O5S/c1-2-11(3-4-12)17(15,16)6-5-9-8(14)10-7(6)13/h5,12H,2-4H2,1H3,(H2,9,10,13,14). The molecule has 0 spiro atoms. The van der Waals surface area contributed by atoms with Gasteiger partial charge in [-0.2, -0.15) is 4.31 Å². The van der Waals surface area contributed by atoms with E-state index in [0.717, 1.165) is 10.5 Å². The molecule has 0 bridgehead atoms. The van der Waals surface area contributed by atoms with E-state index in [9.17, 15) is 18.0 Å². The van der Waals surface area contributed by atoms with Crippen LogP contribution in [0.5, 0.6) is 0 Å². The minimum absolute atomic E-state index is 0.113. The Morgan fingerprint density at radius 1 is 1.41 bits per heavy atom. The smallest absolute Gasteiger partial charge is 0.325 e. The number of aliphatic hydroxyl groups is 1. The molecule has 1 aromatic rings. The molecule has 0 aliphatic rings. The van der Waals surface area contributed by atoms with Gasteiger partial charge in [0.25, 0.3) is 5.56 Å². The topological polar surface area (TPSA) is 123 Å². The van der Waals surface area contributed by atoms with E-state index in [1.807, 2.05) is 4.98 Å². The third-order valence-electron chi connectivity index (χ3n) is 2.11. The second kappa shape index (κ2) is 5.25. The highest BCUT2D eigenvalue weighted by molar-refractivity contribution is 7.89. The molecule has 17 heavy (non-hydrogen) atoms. The van der Waals surface area contributed by atoms with Crippen LogP contribution in [0, 0.1) is 0 Å². The summed E-state index contributed by atoms with van der Waals surface area (Å²) < 4.78 is 24.9. The molecule has 1 rings (SSSR count). The Labute approximate surface area is 97.0 Å². The molecule has 0 radical (unpaired) electrons. The molecule has 0 aliphatic carbocycles. The fraction of sp³-hybridized carbons (Fsp3) is 0.500. The van der Waals surface area contributed by atoms with Gasteiger partial charge < -0.3 is 10.1 Å². The van der Waals surface area contributed by atoms with E-state index in [2.05, 4.69) is 4.98 Å². The van der Waals surface area contributed by atoms with Gasteiger partial charge in [0.15, 0.2) is 4.90 Å². The number of H-pyrrole nitrogens is 2. The number of hydrogen-bond donors (Lipinski definition) is 3. The number of nitrogens with zero attached hydrogens (tertiary/aromatic N) is 1. The molecule has 96 valence electrons. The maximum absolute atomic E-state index is 12.0. The normalized spacial score (nSPS) is 11.9. The highest BCUT2D eigenvalue weighted by Crippen LogP contribution is 2.08. The molecule has 8 nitrogen and oxygen atoms in total. The van der Waals surface area contributed by atoms with E-state index in [1.165, 1.54) is 0 Å². The predicted molar refractivity (Wildman–Crippen MR) is 59.2 cm³/mol. The molecule has 9 heteroatoms. The zero-order valence-corrected chi connectivity index (χ0v) is 9.95. The van der Waals surface area contributed by atoms with Gasteiger partial charge in [0.1, 0.15) is 0 Å². The summed E-state index contributed by atoms with van der Waals surface area (Å²) in [7, 11) is -4.00. The van der Waals surface area contributed by atoms with Gasteiger partial charge in [-0.1, -0.05) is 6.92 Å². The molecule has 3 N–H and O–H groups in total. The minimum atomic E-state index is -4.00. The number of nitrogens with one attached hydrogen (secondary N) is 2. The number of sulfonamides is 1. The highest BCUT2D eigenvalue weighted by Gasteiger charge is 2.25. The second-order valence-electron chi connectivity index (χ2n) is 3.16. The summed E-state index contributed by atoms with van der Waals surface area (Å²) in [6, 6.07) is 0. The Morgan fingerprint density at radius 2 is 2.06 bits per heavy atom. The van der Waals surface area contributed by atoms with E-state index in [4.69, 9.17) is 5.11 Å². The van der Waals surface area contributed by atoms with Crippen molar-refractivity contribution >= 4 is 10.0 Å². The Kier molecular flexibility index (Phi) is 4.21. The molecule has 0 aliphatic heterocycles. The van der Waals surface area contributed by atoms with Gasteiger partial charge in [0.2, 0.25) is 10.0 Å². The lowest BCUT2D eigenvalue weighted by Gasteiger charge is -2.18. The maximum atomic E-state index is 12.0. The van der Waals surface area contributed by atoms with Crippen molar-refractivity contribution in [2.24, 2.45) is 0 Å². The largest absolute Gasteiger partial charge is 0.395 e. The van der Waals surface area contributed by atoms with Gasteiger partial charge in [-0.05, 0) is 0 Å². The lowest BCUT2D eigenvalue weighted by atomic mass is 10.6. The van der Waals surface area contributed by atoms with Crippen LogP contribution in [-0.2, 0) is 10.0 Å². The summed E-state index contributed by atoms with van der Waals surface area (Å²) in [6.07, 6.45) is 0.844. The van der Waals surface area contributed by atoms with Gasteiger partial charge in [0.05, 0.1) is 6.61 Å². The Bertz CT molecular complexity index is 588. The van der Waals surface area contributed by atoms with Crippen LogP contribution in [-0.4, -0.2) is 47.5 Å². The zero-order valence-electron chi connectivity index (χ0n) is 9.13. The first kappa shape index (κ1) is 13.6. The number of rotatable bonds is 5. The number of likely N-dealkylation sites (N-methyl/N-ethyl adjacent to an activating group) is 1. The first-order valence-electron chi connectivity index (χ1n) is 4.86. The quantitative estimate of drug-likeness (QED) is 0.570. The van der Waals surface area contributed by atoms with Gasteiger partial charge >= 0.3 is 5.69 Å². The SMILES string of the molecule is CCN(CCO)S(=O)(=O)c1c[nH]c(=O)[nH]c1=O. The first-order chi connectivity index (χ1) is 7.93. The first-order valence-corrected chi connectivity index (χ1v) is 6.30. The maximum Gasteiger partial charge on any atom is 0.325 e. The van der Waals surface area contributed by atoms with Gasteiger partial charge in [0, 0.05) is 19.3 Å². The van der Waals surface area contributed by atoms with Crippen molar-refractivity contribution in [1.29, 1.82) is 0 Å². The summed E-state index contributed by atoms with van der Waals surface area (Å²) in [5, 5.41) is 8.74. The second-order valence-corrected chi connectivity index (χ2v) is 5.06. The molecule has 0 unspecified atom stereocenters. The Hall–Kier alpha value is -1.45. The molecule has 0 atom stereocenters. The van der Waals surface area contributed by atoms with E-state index in [-0.39, 0.29) is 19.7 Å². The average Bonchev–Trinajstić information content (AvgIpc) is 2.24. The molecule has 1 aromatic heterocycles. The molecular weight excluding hydrogens is 250 g/mol. The van der Waals surface area contributed by atoms with E-state index in [0.29, 0.717) is 0 Å².